The monoisotopic (exact) mass is 435 g/mol. The molecule has 3 fully saturated rings. The summed E-state index contributed by atoms with van der Waals surface area (Å²) < 4.78 is 31.7. The van der Waals surface area contributed by atoms with E-state index in [1.165, 1.54) is 0 Å². The lowest BCUT2D eigenvalue weighted by Crippen LogP contribution is -2.49. The number of halogens is 3. The highest BCUT2D eigenvalue weighted by atomic mass is 19.4. The normalized spacial score (nSPS) is 27.4. The predicted octanol–water partition coefficient (Wildman–Crippen LogP) is 2.02. The summed E-state index contributed by atoms with van der Waals surface area (Å²) in [5.74, 6) is -1.68. The summed E-state index contributed by atoms with van der Waals surface area (Å²) in [4.78, 5) is 35.9. The largest absolute Gasteiger partial charge is 0.490 e. The molecule has 0 aromatic heterocycles. The Morgan fingerprint density at radius 3 is 2.20 bits per heavy atom. The van der Waals surface area contributed by atoms with Crippen molar-refractivity contribution in [3.05, 3.63) is 0 Å². The van der Waals surface area contributed by atoms with Crippen LogP contribution in [0.15, 0.2) is 0 Å². The van der Waals surface area contributed by atoms with E-state index in [0.717, 1.165) is 51.9 Å². The van der Waals surface area contributed by atoms with Gasteiger partial charge in [0.25, 0.3) is 0 Å². The van der Waals surface area contributed by atoms with Crippen molar-refractivity contribution in [3.63, 3.8) is 0 Å². The lowest BCUT2D eigenvalue weighted by Gasteiger charge is -2.41. The number of carboxylic acid groups (broad SMARTS) is 1. The zero-order chi connectivity index (χ0) is 22.7. The van der Waals surface area contributed by atoms with E-state index in [0.29, 0.717) is 18.4 Å². The molecule has 0 aromatic rings. The van der Waals surface area contributed by atoms with Crippen LogP contribution in [-0.2, 0) is 14.4 Å². The van der Waals surface area contributed by atoms with Crippen LogP contribution in [0.3, 0.4) is 0 Å². The smallest absolute Gasteiger partial charge is 0.475 e. The van der Waals surface area contributed by atoms with Gasteiger partial charge in [-0.2, -0.15) is 13.2 Å². The van der Waals surface area contributed by atoms with Gasteiger partial charge in [0.2, 0.25) is 11.8 Å². The Hall–Kier alpha value is -1.84. The number of alkyl halides is 3. The highest BCUT2D eigenvalue weighted by Gasteiger charge is 2.64. The van der Waals surface area contributed by atoms with Gasteiger partial charge in [0.15, 0.2) is 0 Å². The number of carbonyl (C=O) groups excluding carboxylic acids is 2. The van der Waals surface area contributed by atoms with Crippen molar-refractivity contribution in [1.82, 2.24) is 15.5 Å². The molecule has 2 heterocycles. The fraction of sp³-hybridized carbons (Fsp3) is 0.850. The van der Waals surface area contributed by atoms with Gasteiger partial charge in [-0.3, -0.25) is 9.59 Å². The fourth-order valence-corrected chi connectivity index (χ4v) is 5.17. The third kappa shape index (κ3) is 5.07. The van der Waals surface area contributed by atoms with Gasteiger partial charge in [-0.25, -0.2) is 4.79 Å². The molecule has 1 aliphatic carbocycles. The van der Waals surface area contributed by atoms with E-state index < -0.39 is 12.1 Å². The summed E-state index contributed by atoms with van der Waals surface area (Å²) in [5.41, 5.74) is -0.0947. The van der Waals surface area contributed by atoms with Crippen LogP contribution >= 0.6 is 0 Å². The third-order valence-corrected chi connectivity index (χ3v) is 6.76. The molecule has 3 N–H and O–H groups in total. The highest BCUT2D eigenvalue weighted by Crippen LogP contribution is 2.61. The van der Waals surface area contributed by atoms with Crippen LogP contribution in [0.2, 0.25) is 0 Å². The molecule has 30 heavy (non-hydrogen) atoms. The number of likely N-dealkylation sites (tertiary alicyclic amines) is 1. The van der Waals surface area contributed by atoms with Crippen molar-refractivity contribution in [2.45, 2.75) is 52.6 Å². The van der Waals surface area contributed by atoms with Crippen molar-refractivity contribution in [1.29, 1.82) is 0 Å². The van der Waals surface area contributed by atoms with Crippen molar-refractivity contribution in [2.75, 3.05) is 32.7 Å². The van der Waals surface area contributed by atoms with E-state index in [4.69, 9.17) is 9.90 Å². The molecule has 2 aliphatic heterocycles. The summed E-state index contributed by atoms with van der Waals surface area (Å²) in [6.07, 6.45) is -0.725. The molecule has 3 rings (SSSR count). The van der Waals surface area contributed by atoms with Crippen LogP contribution in [-0.4, -0.2) is 66.7 Å². The summed E-state index contributed by atoms with van der Waals surface area (Å²) in [6, 6.07) is 0. The first-order valence-electron chi connectivity index (χ1n) is 10.4. The fourth-order valence-electron chi connectivity index (χ4n) is 5.17. The molecule has 3 aliphatic rings. The molecule has 1 spiro atoms. The Labute approximate surface area is 174 Å². The predicted molar refractivity (Wildman–Crippen MR) is 103 cm³/mol. The minimum absolute atomic E-state index is 0.111. The lowest BCUT2D eigenvalue weighted by molar-refractivity contribution is -0.192. The van der Waals surface area contributed by atoms with Gasteiger partial charge in [0, 0.05) is 26.6 Å². The number of amides is 2. The van der Waals surface area contributed by atoms with E-state index >= 15 is 0 Å². The molecule has 7 nitrogen and oxygen atoms in total. The second-order valence-corrected chi connectivity index (χ2v) is 9.13. The quantitative estimate of drug-likeness (QED) is 0.630. The molecule has 172 valence electrons. The van der Waals surface area contributed by atoms with Crippen LogP contribution in [0.4, 0.5) is 13.2 Å². The third-order valence-electron chi connectivity index (χ3n) is 6.76. The maximum atomic E-state index is 13.1. The zero-order valence-corrected chi connectivity index (χ0v) is 17.8. The van der Waals surface area contributed by atoms with Gasteiger partial charge in [-0.1, -0.05) is 13.8 Å². The Morgan fingerprint density at radius 1 is 1.17 bits per heavy atom. The summed E-state index contributed by atoms with van der Waals surface area (Å²) in [6.45, 7) is 10.1. The molecule has 10 heteroatoms. The maximum absolute atomic E-state index is 13.1. The number of hydrogen-bond acceptors (Lipinski definition) is 4. The van der Waals surface area contributed by atoms with Gasteiger partial charge in [-0.15, -0.1) is 0 Å². The molecule has 2 atom stereocenters. The highest BCUT2D eigenvalue weighted by molar-refractivity contribution is 5.86. The van der Waals surface area contributed by atoms with Crippen molar-refractivity contribution >= 4 is 17.8 Å². The molecular weight excluding hydrogens is 403 g/mol. The molecule has 0 aromatic carbocycles. The van der Waals surface area contributed by atoms with E-state index in [2.05, 4.69) is 24.5 Å². The number of carbonyl (C=O) groups is 3. The van der Waals surface area contributed by atoms with Gasteiger partial charge in [0.1, 0.15) is 0 Å². The number of rotatable bonds is 3. The van der Waals surface area contributed by atoms with E-state index in [9.17, 15) is 22.8 Å². The minimum atomic E-state index is -5.08. The van der Waals surface area contributed by atoms with Crippen LogP contribution in [0.1, 0.15) is 46.5 Å². The van der Waals surface area contributed by atoms with Gasteiger partial charge >= 0.3 is 12.1 Å². The second-order valence-electron chi connectivity index (χ2n) is 9.13. The number of fused-ring (bicyclic) bond motifs is 2. The van der Waals surface area contributed by atoms with E-state index in [1.807, 2.05) is 4.90 Å². The van der Waals surface area contributed by atoms with Crippen molar-refractivity contribution < 1.29 is 32.7 Å². The molecule has 2 amide bonds. The van der Waals surface area contributed by atoms with Crippen LogP contribution in [0.5, 0.6) is 0 Å². The Morgan fingerprint density at radius 2 is 1.73 bits per heavy atom. The topological polar surface area (TPSA) is 98.7 Å². The number of carboxylic acids is 1. The van der Waals surface area contributed by atoms with Crippen LogP contribution in [0.25, 0.3) is 0 Å². The molecule has 0 unspecified atom stereocenters. The molecule has 0 radical (unpaired) electrons. The molecule has 0 bridgehead atoms. The van der Waals surface area contributed by atoms with Crippen molar-refractivity contribution in [2.24, 2.45) is 22.7 Å². The SMILES string of the molecule is CC(=O)N1C[C@H]2C3(CCNCC3)CC[C@@]2(C(=O)NCC(C)C)C1.O=C(O)C(F)(F)F. The van der Waals surface area contributed by atoms with Crippen LogP contribution < -0.4 is 10.6 Å². The van der Waals surface area contributed by atoms with E-state index in [1.54, 1.807) is 6.92 Å². The number of nitrogens with zero attached hydrogens (tertiary/aromatic N) is 1. The Balaban J connectivity index is 0.000000396. The summed E-state index contributed by atoms with van der Waals surface area (Å²) in [5, 5.41) is 13.8. The van der Waals surface area contributed by atoms with Gasteiger partial charge < -0.3 is 20.6 Å². The maximum Gasteiger partial charge on any atom is 0.490 e. The standard InChI is InChI=1S/C18H31N3O2.C2HF3O2/c1-13(2)10-20-16(23)18-5-4-17(6-8-19-9-7-17)15(18)11-21(12-18)14(3)22;3-2(4,5)1(6)7/h13,15,19H,4-12H2,1-3H3,(H,20,23);(H,6,7)/t15-,18+;/m0./s1. The molecular formula is C20H32F3N3O4. The number of hydrogen-bond donors (Lipinski definition) is 3. The lowest BCUT2D eigenvalue weighted by atomic mass is 9.66. The number of piperidine rings is 1. The van der Waals surface area contributed by atoms with E-state index in [-0.39, 0.29) is 22.6 Å². The number of aliphatic carboxylic acids is 1. The van der Waals surface area contributed by atoms with Crippen molar-refractivity contribution in [3.8, 4) is 0 Å². The van der Waals surface area contributed by atoms with Crippen LogP contribution in [0, 0.1) is 22.7 Å². The average molecular weight is 435 g/mol. The second kappa shape index (κ2) is 9.11. The number of nitrogens with one attached hydrogen (secondary N) is 2. The average Bonchev–Trinajstić information content (AvgIpc) is 3.18. The zero-order valence-electron chi connectivity index (χ0n) is 17.8. The molecule has 1 saturated carbocycles. The first-order chi connectivity index (χ1) is 13.8. The van der Waals surface area contributed by atoms with Gasteiger partial charge in [0.05, 0.1) is 5.41 Å². The Bertz CT molecular complexity index is 662. The molecule has 2 saturated heterocycles. The minimum Gasteiger partial charge on any atom is -0.475 e. The first-order valence-corrected chi connectivity index (χ1v) is 10.4. The Kier molecular flexibility index (Phi) is 7.42. The first kappa shape index (κ1) is 24.4. The summed E-state index contributed by atoms with van der Waals surface area (Å²) in [7, 11) is 0. The summed E-state index contributed by atoms with van der Waals surface area (Å²) >= 11 is 0. The van der Waals surface area contributed by atoms with Gasteiger partial charge in [-0.05, 0) is 56.0 Å².